The van der Waals surface area contributed by atoms with Crippen LogP contribution in [0.3, 0.4) is 0 Å². The van der Waals surface area contributed by atoms with Gasteiger partial charge in [-0.25, -0.2) is 4.99 Å². The molecular weight excluding hydrogens is 176 g/mol. The third-order valence-electron chi connectivity index (χ3n) is 0.882. The van der Waals surface area contributed by atoms with Gasteiger partial charge >= 0.3 is 0 Å². The number of aliphatic imine (C=N–C) groups is 1. The van der Waals surface area contributed by atoms with Gasteiger partial charge in [-0.05, 0) is 5.16 Å². The SMILES string of the molecule is COCC(N=C(N)N)ON=C(N)N. The van der Waals surface area contributed by atoms with Crippen LogP contribution in [0.15, 0.2) is 10.1 Å². The average molecular weight is 190 g/mol. The van der Waals surface area contributed by atoms with E-state index in [0.29, 0.717) is 0 Å². The van der Waals surface area contributed by atoms with Crippen LogP contribution < -0.4 is 22.9 Å². The Morgan fingerprint density at radius 2 is 1.85 bits per heavy atom. The minimum Gasteiger partial charge on any atom is -0.379 e. The highest BCUT2D eigenvalue weighted by atomic mass is 16.7. The largest absolute Gasteiger partial charge is 0.379 e. The molecule has 0 aromatic carbocycles. The van der Waals surface area contributed by atoms with E-state index in [1.807, 2.05) is 0 Å². The van der Waals surface area contributed by atoms with Crippen LogP contribution in [-0.4, -0.2) is 31.9 Å². The van der Waals surface area contributed by atoms with E-state index >= 15 is 0 Å². The van der Waals surface area contributed by atoms with Crippen molar-refractivity contribution in [2.24, 2.45) is 33.1 Å². The van der Waals surface area contributed by atoms with E-state index in [2.05, 4.69) is 10.1 Å². The maximum atomic E-state index is 5.11. The van der Waals surface area contributed by atoms with Gasteiger partial charge in [0.2, 0.25) is 12.2 Å². The molecule has 0 saturated carbocycles. The number of oxime groups is 1. The third kappa shape index (κ3) is 6.69. The van der Waals surface area contributed by atoms with Crippen LogP contribution in [0.4, 0.5) is 0 Å². The Labute approximate surface area is 75.5 Å². The molecule has 0 spiro atoms. The summed E-state index contributed by atoms with van der Waals surface area (Å²) in [6.45, 7) is 0.148. The van der Waals surface area contributed by atoms with Gasteiger partial charge in [0.25, 0.3) is 0 Å². The molecule has 0 rings (SSSR count). The monoisotopic (exact) mass is 190 g/mol. The van der Waals surface area contributed by atoms with Crippen LogP contribution in [0.5, 0.6) is 0 Å². The molecule has 0 aliphatic heterocycles. The van der Waals surface area contributed by atoms with Gasteiger partial charge in [0, 0.05) is 7.11 Å². The molecular formula is C5H14N6O2. The molecule has 8 nitrogen and oxygen atoms in total. The highest BCUT2D eigenvalue weighted by Crippen LogP contribution is 1.94. The Kier molecular flexibility index (Phi) is 5.12. The molecule has 1 unspecified atom stereocenters. The summed E-state index contributed by atoms with van der Waals surface area (Å²) in [5.41, 5.74) is 20.3. The highest BCUT2D eigenvalue weighted by molar-refractivity contribution is 5.76. The summed E-state index contributed by atoms with van der Waals surface area (Å²) >= 11 is 0. The number of ether oxygens (including phenoxy) is 1. The zero-order valence-corrected chi connectivity index (χ0v) is 7.30. The zero-order chi connectivity index (χ0) is 10.3. The zero-order valence-electron chi connectivity index (χ0n) is 7.30. The molecule has 1 atom stereocenters. The molecule has 76 valence electrons. The molecule has 0 fully saturated rings. The fourth-order valence-corrected chi connectivity index (χ4v) is 0.522. The number of hydrogen-bond acceptors (Lipinski definition) is 4. The van der Waals surface area contributed by atoms with Gasteiger partial charge in [-0.3, -0.25) is 0 Å². The standard InChI is InChI=1S/C5H14N6O2/c1-12-2-3(10-4(6)7)13-11-5(8)9/h3H,2H2,1H3,(H4,6,7,10)(H4,8,9,11). The van der Waals surface area contributed by atoms with E-state index in [-0.39, 0.29) is 18.5 Å². The summed E-state index contributed by atoms with van der Waals surface area (Å²) in [5, 5.41) is 3.27. The molecule has 0 aliphatic rings. The maximum Gasteiger partial charge on any atom is 0.243 e. The molecule has 0 aromatic heterocycles. The lowest BCUT2D eigenvalue weighted by molar-refractivity contribution is 0.00618. The highest BCUT2D eigenvalue weighted by Gasteiger charge is 2.06. The lowest BCUT2D eigenvalue weighted by Gasteiger charge is -2.09. The first-order chi connectivity index (χ1) is 6.06. The van der Waals surface area contributed by atoms with Crippen LogP contribution in [0.1, 0.15) is 0 Å². The Bertz CT molecular complexity index is 195. The second kappa shape index (κ2) is 5.89. The number of nitrogens with zero attached hydrogens (tertiary/aromatic N) is 2. The summed E-state index contributed by atoms with van der Waals surface area (Å²) in [4.78, 5) is 8.37. The summed E-state index contributed by atoms with van der Waals surface area (Å²) in [7, 11) is 1.47. The summed E-state index contributed by atoms with van der Waals surface area (Å²) < 4.78 is 4.74. The first-order valence-corrected chi connectivity index (χ1v) is 3.38. The van der Waals surface area contributed by atoms with Crippen LogP contribution in [0, 0.1) is 0 Å². The van der Waals surface area contributed by atoms with Crippen molar-refractivity contribution in [3.05, 3.63) is 0 Å². The van der Waals surface area contributed by atoms with Crippen molar-refractivity contribution in [1.82, 2.24) is 0 Å². The minimum atomic E-state index is -0.739. The smallest absolute Gasteiger partial charge is 0.243 e. The molecule has 0 heterocycles. The van der Waals surface area contributed by atoms with Gasteiger partial charge in [0.1, 0.15) is 6.61 Å². The molecule has 0 amide bonds. The maximum absolute atomic E-state index is 5.11. The quantitative estimate of drug-likeness (QED) is 0.213. The fourth-order valence-electron chi connectivity index (χ4n) is 0.522. The lowest BCUT2D eigenvalue weighted by atomic mass is 10.6. The van der Waals surface area contributed by atoms with E-state index in [0.717, 1.165) is 0 Å². The number of nitrogens with two attached hydrogens (primary N) is 4. The van der Waals surface area contributed by atoms with Crippen molar-refractivity contribution in [2.45, 2.75) is 6.23 Å². The molecule has 0 bridgehead atoms. The van der Waals surface area contributed by atoms with Gasteiger partial charge in [0.05, 0.1) is 0 Å². The van der Waals surface area contributed by atoms with E-state index in [9.17, 15) is 0 Å². The Balaban J connectivity index is 4.10. The first-order valence-electron chi connectivity index (χ1n) is 3.38. The Hall–Kier alpha value is -1.70. The van der Waals surface area contributed by atoms with Crippen molar-refractivity contribution in [1.29, 1.82) is 0 Å². The molecule has 8 heteroatoms. The van der Waals surface area contributed by atoms with Crippen LogP contribution >= 0.6 is 0 Å². The van der Waals surface area contributed by atoms with Crippen molar-refractivity contribution in [2.75, 3.05) is 13.7 Å². The van der Waals surface area contributed by atoms with Gasteiger partial charge in [0.15, 0.2) is 5.96 Å². The number of hydrogen-bond donors (Lipinski definition) is 4. The van der Waals surface area contributed by atoms with E-state index < -0.39 is 6.23 Å². The molecule has 0 saturated heterocycles. The van der Waals surface area contributed by atoms with Crippen LogP contribution in [-0.2, 0) is 9.57 Å². The lowest BCUT2D eigenvalue weighted by Crippen LogP contribution is -2.29. The van der Waals surface area contributed by atoms with Crippen molar-refractivity contribution >= 4 is 11.9 Å². The van der Waals surface area contributed by atoms with Crippen molar-refractivity contribution in [3.8, 4) is 0 Å². The van der Waals surface area contributed by atoms with Crippen molar-refractivity contribution < 1.29 is 9.57 Å². The number of rotatable bonds is 5. The van der Waals surface area contributed by atoms with Gasteiger partial charge in [-0.15, -0.1) is 0 Å². The topological polar surface area (TPSA) is 147 Å². The van der Waals surface area contributed by atoms with E-state index in [4.69, 9.17) is 32.5 Å². The number of guanidine groups is 2. The van der Waals surface area contributed by atoms with Gasteiger partial charge in [-0.2, -0.15) is 0 Å². The average Bonchev–Trinajstić information content (AvgIpc) is 1.99. The second-order valence-electron chi connectivity index (χ2n) is 2.09. The molecule has 8 N–H and O–H groups in total. The third-order valence-corrected chi connectivity index (χ3v) is 0.882. The predicted octanol–water partition coefficient (Wildman–Crippen LogP) is -2.56. The molecule has 13 heavy (non-hydrogen) atoms. The van der Waals surface area contributed by atoms with Crippen LogP contribution in [0.2, 0.25) is 0 Å². The van der Waals surface area contributed by atoms with E-state index in [1.54, 1.807) is 0 Å². The molecule has 0 radical (unpaired) electrons. The van der Waals surface area contributed by atoms with Gasteiger partial charge in [-0.1, -0.05) is 0 Å². The van der Waals surface area contributed by atoms with Crippen LogP contribution in [0.25, 0.3) is 0 Å². The number of methoxy groups -OCH3 is 1. The summed E-state index contributed by atoms with van der Waals surface area (Å²) in [6, 6.07) is 0. The minimum absolute atomic E-state index is 0.132. The predicted molar refractivity (Wildman–Crippen MR) is 48.4 cm³/mol. The Morgan fingerprint density at radius 3 is 2.23 bits per heavy atom. The Morgan fingerprint density at radius 1 is 1.23 bits per heavy atom. The van der Waals surface area contributed by atoms with E-state index in [1.165, 1.54) is 7.11 Å². The summed E-state index contributed by atoms with van der Waals surface area (Å²) in [5.74, 6) is -0.347. The summed E-state index contributed by atoms with van der Waals surface area (Å²) in [6.07, 6.45) is -0.739. The van der Waals surface area contributed by atoms with Crippen molar-refractivity contribution in [3.63, 3.8) is 0 Å². The molecule has 0 aliphatic carbocycles. The normalized spacial score (nSPS) is 11.5. The fraction of sp³-hybridized carbons (Fsp3) is 0.600. The van der Waals surface area contributed by atoms with Gasteiger partial charge < -0.3 is 32.5 Å². The first kappa shape index (κ1) is 11.3. The second-order valence-corrected chi connectivity index (χ2v) is 2.09. The molecule has 0 aromatic rings.